The number of hydrogen-bond acceptors (Lipinski definition) is 5. The van der Waals surface area contributed by atoms with Crippen LogP contribution in [0.5, 0.6) is 11.5 Å². The van der Waals surface area contributed by atoms with Crippen LogP contribution in [0.1, 0.15) is 10.4 Å². The molecule has 2 aromatic carbocycles. The van der Waals surface area contributed by atoms with Gasteiger partial charge in [0.1, 0.15) is 23.9 Å². The number of methoxy groups -OCH3 is 2. The van der Waals surface area contributed by atoms with Crippen molar-refractivity contribution in [1.29, 1.82) is 0 Å². The number of esters is 1. The van der Waals surface area contributed by atoms with Gasteiger partial charge in [0.25, 0.3) is 0 Å². The zero-order valence-corrected chi connectivity index (χ0v) is 13.8. The van der Waals surface area contributed by atoms with Gasteiger partial charge in [-0.25, -0.2) is 9.78 Å². The van der Waals surface area contributed by atoms with Crippen LogP contribution < -0.4 is 9.47 Å². The van der Waals surface area contributed by atoms with E-state index in [9.17, 15) is 4.79 Å². The van der Waals surface area contributed by atoms with Gasteiger partial charge in [0.2, 0.25) is 0 Å². The quantitative estimate of drug-likeness (QED) is 0.573. The van der Waals surface area contributed by atoms with Crippen molar-refractivity contribution in [2.75, 3.05) is 20.8 Å². The van der Waals surface area contributed by atoms with E-state index >= 15 is 0 Å². The Bertz CT molecular complexity index is 969. The Hall–Kier alpha value is -3.46. The van der Waals surface area contributed by atoms with E-state index < -0.39 is 5.97 Å². The summed E-state index contributed by atoms with van der Waals surface area (Å²) >= 11 is 0. The fourth-order valence-corrected chi connectivity index (χ4v) is 2.46. The standard InChI is InChI=1S/C19H16N2O4/c1-4-9-25-13-6-7-14(17(11-13)23-2)18-20-15-8-5-12(19(22)24-3)10-16(15)21-18/h1,5-8,10-11H,9H2,2-3H3,(H,20,21). The summed E-state index contributed by atoms with van der Waals surface area (Å²) < 4.78 is 15.6. The van der Waals surface area contributed by atoms with Gasteiger partial charge in [0, 0.05) is 6.07 Å². The molecule has 1 heterocycles. The third kappa shape index (κ3) is 3.26. The molecule has 0 aliphatic heterocycles. The highest BCUT2D eigenvalue weighted by Crippen LogP contribution is 2.33. The van der Waals surface area contributed by atoms with Crippen LogP contribution in [0.25, 0.3) is 22.4 Å². The Morgan fingerprint density at radius 3 is 2.80 bits per heavy atom. The fraction of sp³-hybridized carbons (Fsp3) is 0.158. The second-order valence-corrected chi connectivity index (χ2v) is 5.16. The fourth-order valence-electron chi connectivity index (χ4n) is 2.46. The number of aromatic nitrogens is 2. The first kappa shape index (κ1) is 16.4. The van der Waals surface area contributed by atoms with Gasteiger partial charge in [0.15, 0.2) is 0 Å². The molecule has 0 spiro atoms. The molecular weight excluding hydrogens is 320 g/mol. The van der Waals surface area contributed by atoms with Crippen molar-refractivity contribution >= 4 is 17.0 Å². The second kappa shape index (κ2) is 6.97. The minimum absolute atomic E-state index is 0.184. The molecule has 126 valence electrons. The van der Waals surface area contributed by atoms with Crippen molar-refractivity contribution in [3.63, 3.8) is 0 Å². The molecule has 0 aliphatic carbocycles. The van der Waals surface area contributed by atoms with E-state index in [1.165, 1.54) is 7.11 Å². The summed E-state index contributed by atoms with van der Waals surface area (Å²) in [5.41, 5.74) is 2.69. The zero-order valence-electron chi connectivity index (χ0n) is 13.8. The Labute approximate surface area is 144 Å². The summed E-state index contributed by atoms with van der Waals surface area (Å²) in [6, 6.07) is 10.5. The van der Waals surface area contributed by atoms with Gasteiger partial charge < -0.3 is 19.2 Å². The van der Waals surface area contributed by atoms with Crippen molar-refractivity contribution in [3.8, 4) is 35.2 Å². The van der Waals surface area contributed by atoms with E-state index in [0.29, 0.717) is 22.9 Å². The minimum atomic E-state index is -0.398. The lowest BCUT2D eigenvalue weighted by molar-refractivity contribution is 0.0601. The van der Waals surface area contributed by atoms with Crippen LogP contribution in [0.4, 0.5) is 0 Å². The molecule has 3 aromatic rings. The van der Waals surface area contributed by atoms with Crippen molar-refractivity contribution < 1.29 is 19.0 Å². The number of nitrogens with zero attached hydrogens (tertiary/aromatic N) is 1. The average Bonchev–Trinajstić information content (AvgIpc) is 3.08. The molecule has 6 nitrogen and oxygen atoms in total. The number of benzene rings is 2. The van der Waals surface area contributed by atoms with Crippen LogP contribution in [-0.2, 0) is 4.74 Å². The first-order valence-corrected chi connectivity index (χ1v) is 7.49. The van der Waals surface area contributed by atoms with Gasteiger partial charge in [-0.2, -0.15) is 0 Å². The monoisotopic (exact) mass is 336 g/mol. The Balaban J connectivity index is 2.01. The number of ether oxygens (including phenoxy) is 3. The zero-order chi connectivity index (χ0) is 17.8. The molecule has 1 aromatic heterocycles. The molecule has 1 N–H and O–H groups in total. The lowest BCUT2D eigenvalue weighted by Crippen LogP contribution is -2.00. The molecule has 0 bridgehead atoms. The molecule has 0 atom stereocenters. The van der Waals surface area contributed by atoms with E-state index in [1.807, 2.05) is 6.07 Å². The van der Waals surface area contributed by atoms with Crippen LogP contribution >= 0.6 is 0 Å². The maximum Gasteiger partial charge on any atom is 0.337 e. The van der Waals surface area contributed by atoms with Crippen LogP contribution in [0.3, 0.4) is 0 Å². The van der Waals surface area contributed by atoms with Crippen molar-refractivity contribution in [2.45, 2.75) is 0 Å². The summed E-state index contributed by atoms with van der Waals surface area (Å²) in [6.07, 6.45) is 5.20. The molecule has 25 heavy (non-hydrogen) atoms. The maximum absolute atomic E-state index is 11.7. The third-order valence-corrected chi connectivity index (χ3v) is 3.65. The van der Waals surface area contributed by atoms with E-state index in [1.54, 1.807) is 37.4 Å². The number of H-pyrrole nitrogens is 1. The first-order chi connectivity index (χ1) is 12.2. The van der Waals surface area contributed by atoms with Crippen LogP contribution in [0.2, 0.25) is 0 Å². The largest absolute Gasteiger partial charge is 0.496 e. The van der Waals surface area contributed by atoms with Gasteiger partial charge in [-0.05, 0) is 30.3 Å². The SMILES string of the molecule is C#CCOc1ccc(-c2nc3ccc(C(=O)OC)cc3[nH]2)c(OC)c1. The molecule has 0 saturated heterocycles. The maximum atomic E-state index is 11.7. The molecule has 0 saturated carbocycles. The van der Waals surface area contributed by atoms with E-state index in [0.717, 1.165) is 16.6 Å². The third-order valence-electron chi connectivity index (χ3n) is 3.65. The normalized spacial score (nSPS) is 10.3. The van der Waals surface area contributed by atoms with Crippen LogP contribution in [-0.4, -0.2) is 36.8 Å². The number of carbonyl (C=O) groups excluding carboxylic acids is 1. The average molecular weight is 336 g/mol. The van der Waals surface area contributed by atoms with Gasteiger partial charge >= 0.3 is 5.97 Å². The molecule has 0 aliphatic rings. The topological polar surface area (TPSA) is 73.4 Å². The van der Waals surface area contributed by atoms with Crippen molar-refractivity contribution in [3.05, 3.63) is 42.0 Å². The summed E-state index contributed by atoms with van der Waals surface area (Å²) in [7, 11) is 2.92. The Morgan fingerprint density at radius 1 is 1.24 bits per heavy atom. The number of nitrogens with one attached hydrogen (secondary N) is 1. The highest BCUT2D eigenvalue weighted by molar-refractivity contribution is 5.94. The number of carbonyl (C=O) groups is 1. The van der Waals surface area contributed by atoms with Crippen molar-refractivity contribution in [2.24, 2.45) is 0 Å². The molecule has 0 radical (unpaired) electrons. The lowest BCUT2D eigenvalue weighted by atomic mass is 10.2. The molecular formula is C19H16N2O4. The second-order valence-electron chi connectivity index (χ2n) is 5.16. The molecule has 0 fully saturated rings. The van der Waals surface area contributed by atoms with Crippen molar-refractivity contribution in [1.82, 2.24) is 9.97 Å². The first-order valence-electron chi connectivity index (χ1n) is 7.49. The predicted molar refractivity (Wildman–Crippen MR) is 93.7 cm³/mol. The lowest BCUT2D eigenvalue weighted by Gasteiger charge is -2.09. The van der Waals surface area contributed by atoms with Gasteiger partial charge in [-0.15, -0.1) is 6.42 Å². The Kier molecular flexibility index (Phi) is 4.57. The van der Waals surface area contributed by atoms with E-state index in [-0.39, 0.29) is 6.61 Å². The summed E-state index contributed by atoms with van der Waals surface area (Å²) in [5, 5.41) is 0. The number of rotatable bonds is 5. The van der Waals surface area contributed by atoms with Crippen LogP contribution in [0.15, 0.2) is 36.4 Å². The van der Waals surface area contributed by atoms with E-state index in [2.05, 4.69) is 15.9 Å². The molecule has 0 amide bonds. The van der Waals surface area contributed by atoms with Crippen LogP contribution in [0, 0.1) is 12.3 Å². The number of aromatic amines is 1. The van der Waals surface area contributed by atoms with Gasteiger partial charge in [-0.3, -0.25) is 0 Å². The molecule has 3 rings (SSSR count). The Morgan fingerprint density at radius 2 is 2.08 bits per heavy atom. The summed E-state index contributed by atoms with van der Waals surface area (Å²) in [6.45, 7) is 0.184. The smallest absolute Gasteiger partial charge is 0.337 e. The highest BCUT2D eigenvalue weighted by atomic mass is 16.5. The number of imidazole rings is 1. The molecule has 6 heteroatoms. The summed E-state index contributed by atoms with van der Waals surface area (Å²) in [4.78, 5) is 19.4. The summed E-state index contributed by atoms with van der Waals surface area (Å²) in [5.74, 6) is 3.85. The molecule has 0 unspecified atom stereocenters. The number of fused-ring (bicyclic) bond motifs is 1. The van der Waals surface area contributed by atoms with Gasteiger partial charge in [-0.1, -0.05) is 5.92 Å². The number of hydrogen-bond donors (Lipinski definition) is 1. The van der Waals surface area contributed by atoms with Gasteiger partial charge in [0.05, 0.1) is 36.4 Å². The highest BCUT2D eigenvalue weighted by Gasteiger charge is 2.14. The van der Waals surface area contributed by atoms with E-state index in [4.69, 9.17) is 20.6 Å². The minimum Gasteiger partial charge on any atom is -0.496 e. The predicted octanol–water partition coefficient (Wildman–Crippen LogP) is 3.04. The number of terminal acetylenes is 1.